The molecule has 0 N–H and O–H groups in total. The van der Waals surface area contributed by atoms with Crippen molar-refractivity contribution in [3.63, 3.8) is 0 Å². The Kier molecular flexibility index (Phi) is 6.38. The van der Waals surface area contributed by atoms with Gasteiger partial charge in [-0.2, -0.15) is 0 Å². The molecule has 2 aromatic carbocycles. The molecule has 0 aliphatic carbocycles. The van der Waals surface area contributed by atoms with E-state index in [2.05, 4.69) is 17.2 Å². The summed E-state index contributed by atoms with van der Waals surface area (Å²) >= 11 is -0.242. The third kappa shape index (κ3) is 4.10. The summed E-state index contributed by atoms with van der Waals surface area (Å²) in [5, 5.41) is 8.33. The Labute approximate surface area is 169 Å². The van der Waals surface area contributed by atoms with Gasteiger partial charge in [-0.05, 0) is 0 Å². The minimum atomic E-state index is -0.242. The average Bonchev–Trinajstić information content (AvgIpc) is 3.21. The van der Waals surface area contributed by atoms with Crippen molar-refractivity contribution in [3.8, 4) is 39.9 Å². The van der Waals surface area contributed by atoms with Crippen LogP contribution in [0.25, 0.3) is 16.9 Å². The predicted molar refractivity (Wildman–Crippen MR) is 97.6 cm³/mol. The van der Waals surface area contributed by atoms with Gasteiger partial charge in [-0.25, -0.2) is 0 Å². The molecule has 144 valence electrons. The zero-order valence-electron chi connectivity index (χ0n) is 15.6. The molecule has 0 radical (unpaired) electrons. The number of aromatic nitrogens is 3. The summed E-state index contributed by atoms with van der Waals surface area (Å²) in [6.07, 6.45) is 1.71. The van der Waals surface area contributed by atoms with Crippen molar-refractivity contribution >= 4 is 0 Å². The number of methoxy groups -OCH3 is 3. The zero-order chi connectivity index (χ0) is 19.2. The number of halogens is 1. The van der Waals surface area contributed by atoms with Crippen molar-refractivity contribution < 1.29 is 38.9 Å². The van der Waals surface area contributed by atoms with E-state index in [1.807, 2.05) is 30.3 Å². The first-order chi connectivity index (χ1) is 13.2. The SMILES string of the molecule is CC[I-]Oc1ccc(-c2cnnn2-c2cc(OC)cc(OC)c2OC)cc1. The van der Waals surface area contributed by atoms with Gasteiger partial charge >= 0.3 is 169 Å². The van der Waals surface area contributed by atoms with Gasteiger partial charge in [0.1, 0.15) is 0 Å². The first-order valence-corrected chi connectivity index (χ1v) is 10.7. The Hall–Kier alpha value is -2.49. The fraction of sp³-hybridized carbons (Fsp3) is 0.263. The Bertz CT molecular complexity index is 896. The van der Waals surface area contributed by atoms with Crippen LogP contribution in [0.15, 0.2) is 42.6 Å². The van der Waals surface area contributed by atoms with Crippen LogP contribution in [0, 0.1) is 0 Å². The van der Waals surface area contributed by atoms with Crippen molar-refractivity contribution in [1.29, 1.82) is 0 Å². The Morgan fingerprint density at radius 1 is 0.963 bits per heavy atom. The van der Waals surface area contributed by atoms with Gasteiger partial charge in [0, 0.05) is 0 Å². The second-order valence-electron chi connectivity index (χ2n) is 5.39. The van der Waals surface area contributed by atoms with E-state index in [9.17, 15) is 0 Å². The average molecular weight is 482 g/mol. The summed E-state index contributed by atoms with van der Waals surface area (Å²) in [4.78, 5) is 0. The van der Waals surface area contributed by atoms with Crippen LogP contribution in [0.3, 0.4) is 0 Å². The van der Waals surface area contributed by atoms with E-state index in [4.69, 9.17) is 17.3 Å². The molecule has 0 spiro atoms. The molecule has 0 aliphatic rings. The van der Waals surface area contributed by atoms with E-state index in [0.29, 0.717) is 22.9 Å². The third-order valence-corrected chi connectivity index (χ3v) is 5.29. The molecule has 3 rings (SSSR count). The molecule has 7 nitrogen and oxygen atoms in total. The minimum absolute atomic E-state index is 0.242. The van der Waals surface area contributed by atoms with Crippen LogP contribution in [0.2, 0.25) is 0 Å². The fourth-order valence-electron chi connectivity index (χ4n) is 2.60. The molecule has 27 heavy (non-hydrogen) atoms. The van der Waals surface area contributed by atoms with Crippen molar-refractivity contribution in [2.75, 3.05) is 25.8 Å². The van der Waals surface area contributed by atoms with Crippen molar-refractivity contribution in [2.24, 2.45) is 0 Å². The molecular weight excluding hydrogens is 461 g/mol. The van der Waals surface area contributed by atoms with Gasteiger partial charge in [0.05, 0.1) is 0 Å². The van der Waals surface area contributed by atoms with E-state index >= 15 is 0 Å². The van der Waals surface area contributed by atoms with Gasteiger partial charge in [-0.3, -0.25) is 0 Å². The topological polar surface area (TPSA) is 67.6 Å². The van der Waals surface area contributed by atoms with Crippen LogP contribution in [-0.2, 0) is 0 Å². The summed E-state index contributed by atoms with van der Waals surface area (Å²) in [7, 11) is 4.78. The van der Waals surface area contributed by atoms with Crippen molar-refractivity contribution in [2.45, 2.75) is 6.92 Å². The third-order valence-electron chi connectivity index (χ3n) is 3.85. The van der Waals surface area contributed by atoms with Crippen molar-refractivity contribution in [3.05, 3.63) is 42.6 Å². The molecule has 0 unspecified atom stereocenters. The summed E-state index contributed by atoms with van der Waals surface area (Å²) in [6.45, 7) is 2.13. The fourth-order valence-corrected chi connectivity index (χ4v) is 3.56. The zero-order valence-corrected chi connectivity index (χ0v) is 17.8. The molecule has 0 amide bonds. The number of rotatable bonds is 8. The van der Waals surface area contributed by atoms with Gasteiger partial charge in [0.25, 0.3) is 0 Å². The van der Waals surface area contributed by atoms with Gasteiger partial charge in [0.2, 0.25) is 0 Å². The molecule has 1 heterocycles. The van der Waals surface area contributed by atoms with E-state index < -0.39 is 0 Å². The van der Waals surface area contributed by atoms with Crippen LogP contribution >= 0.6 is 0 Å². The van der Waals surface area contributed by atoms with E-state index in [0.717, 1.165) is 21.4 Å². The van der Waals surface area contributed by atoms with E-state index in [1.54, 1.807) is 38.3 Å². The van der Waals surface area contributed by atoms with Crippen LogP contribution < -0.4 is 38.9 Å². The number of hydrogen-bond donors (Lipinski definition) is 0. The quantitative estimate of drug-likeness (QED) is 0.342. The summed E-state index contributed by atoms with van der Waals surface area (Å²) < 4.78 is 24.9. The molecule has 0 fully saturated rings. The van der Waals surface area contributed by atoms with Crippen LogP contribution in [-0.4, -0.2) is 40.8 Å². The summed E-state index contributed by atoms with van der Waals surface area (Å²) in [6, 6.07) is 11.5. The number of ether oxygens (including phenoxy) is 3. The molecule has 0 saturated carbocycles. The normalized spacial score (nSPS) is 10.7. The molecule has 8 heteroatoms. The van der Waals surface area contributed by atoms with Gasteiger partial charge < -0.3 is 0 Å². The monoisotopic (exact) mass is 482 g/mol. The number of hydrogen-bond acceptors (Lipinski definition) is 6. The maximum atomic E-state index is 5.76. The summed E-state index contributed by atoms with van der Waals surface area (Å²) in [5.41, 5.74) is 2.46. The summed E-state index contributed by atoms with van der Waals surface area (Å²) in [5.74, 6) is 2.63. The van der Waals surface area contributed by atoms with Crippen LogP contribution in [0.5, 0.6) is 23.0 Å². The molecule has 3 aromatic rings. The van der Waals surface area contributed by atoms with E-state index in [1.165, 1.54) is 0 Å². The van der Waals surface area contributed by atoms with Gasteiger partial charge in [-0.15, -0.1) is 0 Å². The van der Waals surface area contributed by atoms with Crippen molar-refractivity contribution in [1.82, 2.24) is 15.0 Å². The van der Waals surface area contributed by atoms with Crippen LogP contribution in [0.4, 0.5) is 0 Å². The van der Waals surface area contributed by atoms with Gasteiger partial charge in [0.15, 0.2) is 0 Å². The molecule has 0 saturated heterocycles. The first-order valence-electron chi connectivity index (χ1n) is 8.29. The molecule has 0 aliphatic heterocycles. The van der Waals surface area contributed by atoms with Crippen LogP contribution in [0.1, 0.15) is 6.92 Å². The second-order valence-corrected chi connectivity index (χ2v) is 7.98. The van der Waals surface area contributed by atoms with Gasteiger partial charge in [-0.1, -0.05) is 0 Å². The maximum absolute atomic E-state index is 5.76. The standard InChI is InChI=1S/C19H21IN3O4/c1-5-20-27-14-8-6-13(7-9-14)17-12-21-22-23(17)16-10-15(24-2)11-18(25-3)19(16)26-4/h6-12H,5H2,1-4H3/q-1. The van der Waals surface area contributed by atoms with E-state index in [-0.39, 0.29) is 21.6 Å². The Morgan fingerprint density at radius 2 is 1.74 bits per heavy atom. The molecule has 1 aromatic heterocycles. The predicted octanol–water partition coefficient (Wildman–Crippen LogP) is 0.363. The Balaban J connectivity index is 2.05. The molecule has 0 bridgehead atoms. The first kappa shape index (κ1) is 19.3. The number of nitrogens with zero attached hydrogens (tertiary/aromatic N) is 3. The number of alkyl halides is 1. The molecular formula is C19H21IN3O4-. The Morgan fingerprint density at radius 3 is 2.37 bits per heavy atom. The molecule has 0 atom stereocenters. The number of benzene rings is 2. The second kappa shape index (κ2) is 8.94.